The Morgan fingerprint density at radius 1 is 0.756 bits per heavy atom. The SMILES string of the molecule is CCCC(=O)c1nnc(-c2cc(C(C)C)c(O)cc2O)n1-c1ccc(OC2CCN(C(=O)CO/N=C(/[C@H](CC(C)C)NC(=O)[C@@H](CC(=O)[C@H](CC(C)C)NC(=O)[C@H](CCc3ccccc3)CC(=O)CN3CCOCC3)Cc3ccccc3)[C@@]3(C)CO3)CC2)cc1. The molecule has 0 unspecified atom stereocenters. The monoisotopic (exact) mass is 1240 g/mol. The molecule has 3 saturated heterocycles. The van der Waals surface area contributed by atoms with E-state index in [1.807, 2.05) is 121 Å². The van der Waals surface area contributed by atoms with Crippen molar-refractivity contribution < 1.29 is 58.0 Å². The Bertz CT molecular complexity index is 3240. The van der Waals surface area contributed by atoms with Gasteiger partial charge in [0.05, 0.1) is 44.0 Å². The number of phenolic OH excluding ortho intramolecular Hbond substituents is 2. The zero-order chi connectivity index (χ0) is 64.5. The molecule has 3 aliphatic heterocycles. The number of piperidine rings is 1. The summed E-state index contributed by atoms with van der Waals surface area (Å²) in [5, 5.41) is 41.1. The van der Waals surface area contributed by atoms with E-state index in [2.05, 4.69) is 26.0 Å². The largest absolute Gasteiger partial charge is 0.508 e. The number of benzene rings is 4. The molecular formula is C70H92N8O12. The number of rotatable bonds is 33. The lowest BCUT2D eigenvalue weighted by Crippen LogP contribution is -2.50. The first-order chi connectivity index (χ1) is 43.2. The van der Waals surface area contributed by atoms with Gasteiger partial charge in [0.25, 0.3) is 5.91 Å². The van der Waals surface area contributed by atoms with Gasteiger partial charge in [-0.15, -0.1) is 10.2 Å². The summed E-state index contributed by atoms with van der Waals surface area (Å²) in [7, 11) is 0. The van der Waals surface area contributed by atoms with Crippen molar-refractivity contribution in [1.29, 1.82) is 0 Å². The van der Waals surface area contributed by atoms with E-state index < -0.39 is 29.5 Å². The first kappa shape index (κ1) is 68.1. The predicted octanol–water partition coefficient (Wildman–Crippen LogP) is 9.40. The highest BCUT2D eigenvalue weighted by Gasteiger charge is 2.49. The summed E-state index contributed by atoms with van der Waals surface area (Å²) in [5.41, 5.74) is 2.97. The molecule has 20 nitrogen and oxygen atoms in total. The molecule has 4 N–H and O–H groups in total. The van der Waals surface area contributed by atoms with Gasteiger partial charge in [-0.1, -0.05) is 114 Å². The minimum absolute atomic E-state index is 0.0162. The normalized spacial score (nSPS) is 17.8. The number of carbonyl (C=O) groups excluding carboxylic acids is 6. The highest BCUT2D eigenvalue weighted by Crippen LogP contribution is 2.39. The lowest BCUT2D eigenvalue weighted by molar-refractivity contribution is -0.138. The van der Waals surface area contributed by atoms with Crippen LogP contribution in [0.4, 0.5) is 0 Å². The first-order valence-electron chi connectivity index (χ1n) is 32.1. The van der Waals surface area contributed by atoms with Gasteiger partial charge in [-0.2, -0.15) is 0 Å². The Morgan fingerprint density at radius 2 is 1.38 bits per heavy atom. The van der Waals surface area contributed by atoms with E-state index in [-0.39, 0.29) is 121 Å². The third-order valence-corrected chi connectivity index (χ3v) is 16.9. The third kappa shape index (κ3) is 19.1. The molecule has 3 fully saturated rings. The minimum atomic E-state index is -0.905. The molecule has 1 aromatic heterocycles. The molecule has 0 bridgehead atoms. The lowest BCUT2D eigenvalue weighted by atomic mass is 9.87. The lowest BCUT2D eigenvalue weighted by Gasteiger charge is -2.32. The number of aromatic hydroxyl groups is 2. The number of amides is 3. The number of phenols is 2. The van der Waals surface area contributed by atoms with Crippen LogP contribution >= 0.6 is 0 Å². The molecular weight excluding hydrogens is 1140 g/mol. The maximum Gasteiger partial charge on any atom is 0.263 e. The standard InChI is InChI=1S/C70H92N8O12/c1-9-16-60(80)67-74-73-66(57-40-56(47(6)7)61(81)41-62(57)82)78(67)52-23-25-54(26-24-52)90-55-27-29-77(30-28-55)64(84)43-89-75-65(70(8)44-88-70)59(36-46(4)5)72-69(86)51(37-49-19-14-11-15-20-49)39-63(83)58(35-45(2)3)71-68(85)50(22-21-48-17-12-10-13-18-48)38-53(79)42-76-31-33-87-34-32-76/h10-15,17-20,23-26,40-41,45-47,50-51,55,58-59,81-82H,9,16,21-22,27-39,42-44H2,1-8H3,(H,71,85)(H,72,86)/b75-65-/t50-,51-,58+,59+,70-/m1/s1. The van der Waals surface area contributed by atoms with Gasteiger partial charge in [-0.25, -0.2) is 0 Å². The summed E-state index contributed by atoms with van der Waals surface area (Å²) < 4.78 is 19.5. The number of epoxide rings is 1. The van der Waals surface area contributed by atoms with Crippen LogP contribution in [-0.2, 0) is 51.1 Å². The van der Waals surface area contributed by atoms with Gasteiger partial charge in [-0.3, -0.25) is 38.2 Å². The van der Waals surface area contributed by atoms with Crippen LogP contribution in [0.15, 0.2) is 102 Å². The Kier molecular flexibility index (Phi) is 24.4. The smallest absolute Gasteiger partial charge is 0.263 e. The van der Waals surface area contributed by atoms with Crippen LogP contribution in [0.1, 0.15) is 146 Å². The average molecular weight is 1240 g/mol. The van der Waals surface area contributed by atoms with Crippen molar-refractivity contribution >= 4 is 40.8 Å². The minimum Gasteiger partial charge on any atom is -0.508 e. The van der Waals surface area contributed by atoms with Crippen molar-refractivity contribution in [2.24, 2.45) is 28.8 Å². The molecule has 484 valence electrons. The Morgan fingerprint density at radius 3 is 2.00 bits per heavy atom. The van der Waals surface area contributed by atoms with E-state index in [0.717, 1.165) is 11.1 Å². The Labute approximate surface area is 529 Å². The number of oxime groups is 1. The molecule has 3 amide bonds. The van der Waals surface area contributed by atoms with Crippen molar-refractivity contribution in [3.05, 3.63) is 120 Å². The number of aromatic nitrogens is 3. The van der Waals surface area contributed by atoms with E-state index >= 15 is 0 Å². The highest BCUT2D eigenvalue weighted by molar-refractivity contribution is 6.01. The molecule has 0 aliphatic carbocycles. The summed E-state index contributed by atoms with van der Waals surface area (Å²) >= 11 is 0. The molecule has 8 rings (SSSR count). The molecule has 4 heterocycles. The number of Topliss-reactive ketones (excluding diaryl/α,β-unsaturated/α-hetero) is 3. The van der Waals surface area contributed by atoms with Crippen LogP contribution in [0.2, 0.25) is 0 Å². The van der Waals surface area contributed by atoms with Gasteiger partial charge in [0, 0.05) is 81.9 Å². The summed E-state index contributed by atoms with van der Waals surface area (Å²) in [6, 6.07) is 27.9. The molecule has 4 aromatic carbocycles. The predicted molar refractivity (Wildman–Crippen MR) is 343 cm³/mol. The van der Waals surface area contributed by atoms with Gasteiger partial charge < -0.3 is 44.8 Å². The van der Waals surface area contributed by atoms with Gasteiger partial charge in [0.1, 0.15) is 40.4 Å². The molecule has 0 saturated carbocycles. The van der Waals surface area contributed by atoms with E-state index in [1.54, 1.807) is 39.8 Å². The molecule has 90 heavy (non-hydrogen) atoms. The van der Waals surface area contributed by atoms with Gasteiger partial charge in [0.15, 0.2) is 18.2 Å². The molecule has 3 aliphatic rings. The van der Waals surface area contributed by atoms with E-state index in [9.17, 15) is 39.0 Å². The molecule has 5 atom stereocenters. The fourth-order valence-corrected chi connectivity index (χ4v) is 11.8. The van der Waals surface area contributed by atoms with E-state index in [4.69, 9.17) is 19.0 Å². The van der Waals surface area contributed by atoms with E-state index in [1.165, 1.54) is 6.07 Å². The fraction of sp³-hybridized carbons (Fsp3) is 0.529. The first-order valence-corrected chi connectivity index (χ1v) is 32.1. The van der Waals surface area contributed by atoms with Gasteiger partial charge in [-0.05, 0) is 110 Å². The third-order valence-electron chi connectivity index (χ3n) is 16.9. The number of likely N-dealkylation sites (tertiary alicyclic amines) is 1. The number of ether oxygens (including phenoxy) is 3. The number of aryl methyl sites for hydroxylation is 1. The van der Waals surface area contributed by atoms with E-state index in [0.29, 0.717) is 119 Å². The Balaban J connectivity index is 0.909. The van der Waals surface area contributed by atoms with Crippen LogP contribution in [0.25, 0.3) is 17.1 Å². The number of hydrogen-bond donors (Lipinski definition) is 4. The number of nitrogens with one attached hydrogen (secondary N) is 2. The van der Waals surface area contributed by atoms with Crippen LogP contribution in [-0.4, -0.2) is 159 Å². The number of morpholine rings is 1. The fourth-order valence-electron chi connectivity index (χ4n) is 11.8. The second-order valence-corrected chi connectivity index (χ2v) is 25.7. The summed E-state index contributed by atoms with van der Waals surface area (Å²) in [6.07, 6.45) is 3.64. The van der Waals surface area contributed by atoms with Crippen LogP contribution in [0.5, 0.6) is 17.2 Å². The second-order valence-electron chi connectivity index (χ2n) is 25.7. The van der Waals surface area contributed by atoms with Crippen molar-refractivity contribution in [2.75, 3.05) is 59.2 Å². The van der Waals surface area contributed by atoms with Crippen molar-refractivity contribution in [3.8, 4) is 34.3 Å². The van der Waals surface area contributed by atoms with Gasteiger partial charge >= 0.3 is 0 Å². The zero-order valence-electron chi connectivity index (χ0n) is 53.7. The van der Waals surface area contributed by atoms with Gasteiger partial charge in [0.2, 0.25) is 23.4 Å². The topological polar surface area (TPSA) is 257 Å². The summed E-state index contributed by atoms with van der Waals surface area (Å²) in [6.45, 7) is 19.1. The van der Waals surface area contributed by atoms with Crippen molar-refractivity contribution in [3.63, 3.8) is 0 Å². The van der Waals surface area contributed by atoms with Crippen LogP contribution in [0.3, 0.4) is 0 Å². The summed E-state index contributed by atoms with van der Waals surface area (Å²) in [5.74, 6) is -2.31. The number of ketones is 3. The maximum atomic E-state index is 14.9. The van der Waals surface area contributed by atoms with Crippen LogP contribution in [0, 0.1) is 23.7 Å². The zero-order valence-corrected chi connectivity index (χ0v) is 53.7. The number of hydrogen-bond acceptors (Lipinski definition) is 16. The number of carbonyl (C=O) groups is 6. The number of nitrogens with zero attached hydrogens (tertiary/aromatic N) is 6. The van der Waals surface area contributed by atoms with Crippen molar-refractivity contribution in [2.45, 2.75) is 156 Å². The molecule has 0 spiro atoms. The van der Waals surface area contributed by atoms with Crippen LogP contribution < -0.4 is 15.4 Å². The summed E-state index contributed by atoms with van der Waals surface area (Å²) in [4.78, 5) is 94.5. The molecule has 0 radical (unpaired) electrons. The highest BCUT2D eigenvalue weighted by atomic mass is 16.6. The molecule has 20 heteroatoms. The maximum absolute atomic E-state index is 14.9. The molecule has 5 aromatic rings. The Hall–Kier alpha value is -7.81. The average Bonchev–Trinajstić information content (AvgIpc) is 1.75. The quantitative estimate of drug-likeness (QED) is 0.0132. The second kappa shape index (κ2) is 32.3. The van der Waals surface area contributed by atoms with Crippen molar-refractivity contribution in [1.82, 2.24) is 35.2 Å².